The largest absolute Gasteiger partial charge is 0.477 e. The summed E-state index contributed by atoms with van der Waals surface area (Å²) in [6.07, 6.45) is 9.90. The highest BCUT2D eigenvalue weighted by atomic mass is 16.5. The average molecular weight is 248 g/mol. The maximum atomic E-state index is 5.79. The van der Waals surface area contributed by atoms with Crippen LogP contribution in [0.3, 0.4) is 0 Å². The third-order valence-corrected chi connectivity index (χ3v) is 3.73. The first-order chi connectivity index (χ1) is 8.75. The smallest absolute Gasteiger partial charge is 0.213 e. The fourth-order valence-electron chi connectivity index (χ4n) is 2.48. The Morgan fingerprint density at radius 1 is 1.28 bits per heavy atom. The molecule has 0 spiro atoms. The Hall–Kier alpha value is -1.09. The molecule has 1 aliphatic rings. The molecular formula is C15H24N2O. The van der Waals surface area contributed by atoms with Gasteiger partial charge in [0.2, 0.25) is 5.88 Å². The van der Waals surface area contributed by atoms with E-state index in [-0.39, 0.29) is 6.04 Å². The fourth-order valence-corrected chi connectivity index (χ4v) is 2.48. The molecule has 18 heavy (non-hydrogen) atoms. The van der Waals surface area contributed by atoms with Gasteiger partial charge in [-0.1, -0.05) is 31.7 Å². The van der Waals surface area contributed by atoms with Crippen LogP contribution < -0.4 is 10.5 Å². The maximum absolute atomic E-state index is 5.79. The molecule has 0 aliphatic heterocycles. The number of hydrogen-bond acceptors (Lipinski definition) is 3. The third kappa shape index (κ3) is 3.98. The zero-order chi connectivity index (χ0) is 12.8. The van der Waals surface area contributed by atoms with Crippen molar-refractivity contribution in [2.24, 2.45) is 11.7 Å². The van der Waals surface area contributed by atoms with Crippen molar-refractivity contribution < 1.29 is 4.74 Å². The molecule has 1 fully saturated rings. The summed E-state index contributed by atoms with van der Waals surface area (Å²) in [5.41, 5.74) is 6.84. The predicted octanol–water partition coefficient (Wildman–Crippen LogP) is 3.45. The minimum absolute atomic E-state index is 0.0356. The number of nitrogens with zero attached hydrogens (tertiary/aromatic N) is 1. The molecule has 1 heterocycles. The highest BCUT2D eigenvalue weighted by Crippen LogP contribution is 2.23. The van der Waals surface area contributed by atoms with E-state index in [1.807, 2.05) is 25.3 Å². The van der Waals surface area contributed by atoms with Crippen LogP contribution in [0.15, 0.2) is 18.3 Å². The molecule has 0 bridgehead atoms. The third-order valence-electron chi connectivity index (χ3n) is 3.73. The van der Waals surface area contributed by atoms with E-state index < -0.39 is 0 Å². The van der Waals surface area contributed by atoms with Crippen molar-refractivity contribution in [2.45, 2.75) is 51.5 Å². The first-order valence-electron chi connectivity index (χ1n) is 7.10. The second-order valence-corrected chi connectivity index (χ2v) is 5.39. The molecular weight excluding hydrogens is 224 g/mol. The second-order valence-electron chi connectivity index (χ2n) is 5.39. The standard InChI is InChI=1S/C15H24N2O/c1-12(16)14-8-9-15(17-10-14)18-11-13-6-4-2-3-5-7-13/h8-10,12-13H,2-7,11,16H2,1H3/t12-/m0/s1. The van der Waals surface area contributed by atoms with Crippen LogP contribution >= 0.6 is 0 Å². The SMILES string of the molecule is C[C@H](N)c1ccc(OCC2CCCCCC2)nc1. The van der Waals surface area contributed by atoms with Crippen LogP contribution in [0.5, 0.6) is 5.88 Å². The highest BCUT2D eigenvalue weighted by Gasteiger charge is 2.13. The number of ether oxygens (including phenoxy) is 1. The maximum Gasteiger partial charge on any atom is 0.213 e. The molecule has 100 valence electrons. The van der Waals surface area contributed by atoms with Gasteiger partial charge in [0.25, 0.3) is 0 Å². The normalized spacial score (nSPS) is 19.2. The van der Waals surface area contributed by atoms with E-state index in [0.717, 1.165) is 18.1 Å². The summed E-state index contributed by atoms with van der Waals surface area (Å²) in [6.45, 7) is 2.77. The summed E-state index contributed by atoms with van der Waals surface area (Å²) in [5, 5.41) is 0. The summed E-state index contributed by atoms with van der Waals surface area (Å²) in [6, 6.07) is 3.96. The number of rotatable bonds is 4. The van der Waals surface area contributed by atoms with E-state index in [1.165, 1.54) is 38.5 Å². The molecule has 0 radical (unpaired) electrons. The lowest BCUT2D eigenvalue weighted by Crippen LogP contribution is -2.12. The van der Waals surface area contributed by atoms with Gasteiger partial charge in [0, 0.05) is 18.3 Å². The second kappa shape index (κ2) is 6.74. The zero-order valence-electron chi connectivity index (χ0n) is 11.3. The Balaban J connectivity index is 1.81. The summed E-state index contributed by atoms with van der Waals surface area (Å²) in [7, 11) is 0. The van der Waals surface area contributed by atoms with Gasteiger partial charge >= 0.3 is 0 Å². The summed E-state index contributed by atoms with van der Waals surface area (Å²) in [4.78, 5) is 4.31. The Bertz CT molecular complexity index is 340. The van der Waals surface area contributed by atoms with Crippen LogP contribution in [0.4, 0.5) is 0 Å². The van der Waals surface area contributed by atoms with Gasteiger partial charge in [0.15, 0.2) is 0 Å². The van der Waals surface area contributed by atoms with Crippen molar-refractivity contribution in [2.75, 3.05) is 6.61 Å². The quantitative estimate of drug-likeness (QED) is 0.830. The monoisotopic (exact) mass is 248 g/mol. The van der Waals surface area contributed by atoms with Gasteiger partial charge in [-0.3, -0.25) is 0 Å². The first kappa shape index (κ1) is 13.3. The van der Waals surface area contributed by atoms with Crippen LogP contribution in [0.25, 0.3) is 0 Å². The first-order valence-corrected chi connectivity index (χ1v) is 7.10. The fraction of sp³-hybridized carbons (Fsp3) is 0.667. The van der Waals surface area contributed by atoms with Gasteiger partial charge in [-0.15, -0.1) is 0 Å². The molecule has 0 aromatic carbocycles. The lowest BCUT2D eigenvalue weighted by molar-refractivity contribution is 0.226. The molecule has 1 aromatic heterocycles. The summed E-state index contributed by atoms with van der Waals surface area (Å²) in [5.74, 6) is 1.44. The van der Waals surface area contributed by atoms with E-state index in [4.69, 9.17) is 10.5 Å². The van der Waals surface area contributed by atoms with E-state index >= 15 is 0 Å². The van der Waals surface area contributed by atoms with Crippen LogP contribution in [-0.4, -0.2) is 11.6 Å². The lowest BCUT2D eigenvalue weighted by atomic mass is 10.0. The van der Waals surface area contributed by atoms with Crippen molar-refractivity contribution in [1.29, 1.82) is 0 Å². The topological polar surface area (TPSA) is 48.1 Å². The number of hydrogen-bond donors (Lipinski definition) is 1. The number of aromatic nitrogens is 1. The molecule has 0 unspecified atom stereocenters. The van der Waals surface area contributed by atoms with Gasteiger partial charge in [0.1, 0.15) is 0 Å². The van der Waals surface area contributed by atoms with Crippen LogP contribution in [0.2, 0.25) is 0 Å². The molecule has 3 heteroatoms. The average Bonchev–Trinajstić information content (AvgIpc) is 2.65. The van der Waals surface area contributed by atoms with Crippen LogP contribution in [-0.2, 0) is 0 Å². The molecule has 3 nitrogen and oxygen atoms in total. The summed E-state index contributed by atoms with van der Waals surface area (Å²) >= 11 is 0. The molecule has 0 amide bonds. The van der Waals surface area contributed by atoms with Crippen molar-refractivity contribution in [3.63, 3.8) is 0 Å². The highest BCUT2D eigenvalue weighted by molar-refractivity contribution is 5.19. The van der Waals surface area contributed by atoms with Gasteiger partial charge in [-0.2, -0.15) is 0 Å². The van der Waals surface area contributed by atoms with Gasteiger partial charge in [0.05, 0.1) is 6.61 Å². The van der Waals surface area contributed by atoms with E-state index in [9.17, 15) is 0 Å². The minimum atomic E-state index is 0.0356. The molecule has 2 rings (SSSR count). The van der Waals surface area contributed by atoms with Gasteiger partial charge in [-0.05, 0) is 31.2 Å². The van der Waals surface area contributed by atoms with Crippen LogP contribution in [0, 0.1) is 5.92 Å². The van der Waals surface area contributed by atoms with Crippen molar-refractivity contribution in [3.05, 3.63) is 23.9 Å². The minimum Gasteiger partial charge on any atom is -0.477 e. The van der Waals surface area contributed by atoms with Crippen molar-refractivity contribution >= 4 is 0 Å². The van der Waals surface area contributed by atoms with E-state index in [0.29, 0.717) is 5.92 Å². The van der Waals surface area contributed by atoms with E-state index in [2.05, 4.69) is 4.98 Å². The molecule has 2 N–H and O–H groups in total. The lowest BCUT2D eigenvalue weighted by Gasteiger charge is -2.14. The Kier molecular flexibility index (Phi) is 5.00. The Labute approximate surface area is 110 Å². The molecule has 1 atom stereocenters. The number of pyridine rings is 1. The number of nitrogens with two attached hydrogens (primary N) is 1. The van der Waals surface area contributed by atoms with Gasteiger partial charge in [-0.25, -0.2) is 4.98 Å². The molecule has 1 aromatic rings. The van der Waals surface area contributed by atoms with E-state index in [1.54, 1.807) is 0 Å². The summed E-state index contributed by atoms with van der Waals surface area (Å²) < 4.78 is 5.78. The van der Waals surface area contributed by atoms with Crippen molar-refractivity contribution in [3.8, 4) is 5.88 Å². The Morgan fingerprint density at radius 2 is 2.00 bits per heavy atom. The predicted molar refractivity (Wildman–Crippen MR) is 73.5 cm³/mol. The van der Waals surface area contributed by atoms with Gasteiger partial charge < -0.3 is 10.5 Å². The van der Waals surface area contributed by atoms with Crippen LogP contribution in [0.1, 0.15) is 57.1 Å². The zero-order valence-corrected chi connectivity index (χ0v) is 11.3. The Morgan fingerprint density at radius 3 is 2.56 bits per heavy atom. The molecule has 1 aliphatic carbocycles. The molecule has 1 saturated carbocycles. The molecule has 0 saturated heterocycles. The van der Waals surface area contributed by atoms with Crippen molar-refractivity contribution in [1.82, 2.24) is 4.98 Å².